The lowest BCUT2D eigenvalue weighted by molar-refractivity contribution is 0.309. The van der Waals surface area contributed by atoms with Crippen molar-refractivity contribution in [2.45, 2.75) is 19.6 Å². The molecule has 0 fully saturated rings. The number of para-hydroxylation sites is 1. The second-order valence-corrected chi connectivity index (χ2v) is 5.46. The van der Waals surface area contributed by atoms with Crippen molar-refractivity contribution in [3.63, 3.8) is 0 Å². The van der Waals surface area contributed by atoms with E-state index in [0.717, 1.165) is 30.8 Å². The number of fused-ring (bicyclic) bond motifs is 3. The van der Waals surface area contributed by atoms with Crippen LogP contribution in [-0.4, -0.2) is 11.5 Å². The number of halogens is 1. The largest absolute Gasteiger partial charge is 0.487 e. The molecular formula is C18H19ClN2O. The van der Waals surface area contributed by atoms with Gasteiger partial charge in [0.2, 0.25) is 0 Å². The smallest absolute Gasteiger partial charge is 0.143 e. The summed E-state index contributed by atoms with van der Waals surface area (Å²) in [5.74, 6) is 0.936. The molecule has 22 heavy (non-hydrogen) atoms. The zero-order valence-corrected chi connectivity index (χ0v) is 13.1. The van der Waals surface area contributed by atoms with Crippen LogP contribution in [0, 0.1) is 0 Å². The third kappa shape index (κ3) is 2.70. The molecule has 2 aromatic carbocycles. The number of nitrogens with one attached hydrogen (secondary N) is 2. The Hall–Kier alpha value is -1.97. The molecule has 0 spiro atoms. The molecule has 114 valence electrons. The van der Waals surface area contributed by atoms with Gasteiger partial charge in [-0.1, -0.05) is 42.5 Å². The molecule has 0 saturated carbocycles. The van der Waals surface area contributed by atoms with Crippen LogP contribution in [0.15, 0.2) is 48.5 Å². The van der Waals surface area contributed by atoms with Gasteiger partial charge < -0.3 is 15.0 Å². The van der Waals surface area contributed by atoms with Crippen molar-refractivity contribution in [2.75, 3.05) is 6.54 Å². The number of H-pyrrole nitrogens is 1. The van der Waals surface area contributed by atoms with E-state index in [9.17, 15) is 0 Å². The summed E-state index contributed by atoms with van der Waals surface area (Å²) in [4.78, 5) is 3.56. The first-order valence-corrected chi connectivity index (χ1v) is 7.42. The third-order valence-electron chi connectivity index (χ3n) is 4.08. The van der Waals surface area contributed by atoms with Crippen LogP contribution in [0.3, 0.4) is 0 Å². The Morgan fingerprint density at radius 3 is 2.73 bits per heavy atom. The number of aromatic nitrogens is 1. The second kappa shape index (κ2) is 6.42. The first kappa shape index (κ1) is 14.9. The molecule has 0 unspecified atom stereocenters. The van der Waals surface area contributed by atoms with Gasteiger partial charge in [-0.15, -0.1) is 12.4 Å². The SMILES string of the molecule is Cl.c1ccc(COc2cccc3c4c([nH]c23)CCNC4)cc1. The average molecular weight is 315 g/mol. The summed E-state index contributed by atoms with van der Waals surface area (Å²) in [6.07, 6.45) is 1.06. The lowest BCUT2D eigenvalue weighted by Crippen LogP contribution is -2.22. The predicted molar refractivity (Wildman–Crippen MR) is 91.7 cm³/mol. The molecule has 4 rings (SSSR count). The summed E-state index contributed by atoms with van der Waals surface area (Å²) >= 11 is 0. The van der Waals surface area contributed by atoms with Crippen molar-refractivity contribution < 1.29 is 4.74 Å². The maximum atomic E-state index is 6.03. The van der Waals surface area contributed by atoms with E-state index in [0.29, 0.717) is 6.61 Å². The highest BCUT2D eigenvalue weighted by atomic mass is 35.5. The number of rotatable bonds is 3. The van der Waals surface area contributed by atoms with Crippen LogP contribution in [0.1, 0.15) is 16.8 Å². The standard InChI is InChI=1S/C18H18N2O.ClH/c1-2-5-13(6-3-1)12-21-17-8-4-7-14-15-11-19-10-9-16(15)20-18(14)17;/h1-8,19-20H,9-12H2;1H. The maximum Gasteiger partial charge on any atom is 0.143 e. The molecule has 0 atom stereocenters. The summed E-state index contributed by atoms with van der Waals surface area (Å²) in [6, 6.07) is 16.6. The van der Waals surface area contributed by atoms with Crippen molar-refractivity contribution in [1.82, 2.24) is 10.3 Å². The summed E-state index contributed by atoms with van der Waals surface area (Å²) in [5, 5.41) is 4.72. The number of aromatic amines is 1. The van der Waals surface area contributed by atoms with E-state index in [4.69, 9.17) is 4.74 Å². The normalized spacial score (nSPS) is 13.5. The average Bonchev–Trinajstić information content (AvgIpc) is 2.93. The Morgan fingerprint density at radius 1 is 1.00 bits per heavy atom. The van der Waals surface area contributed by atoms with Crippen LogP contribution in [0.4, 0.5) is 0 Å². The highest BCUT2D eigenvalue weighted by Gasteiger charge is 2.16. The fraction of sp³-hybridized carbons (Fsp3) is 0.222. The van der Waals surface area contributed by atoms with Gasteiger partial charge in [-0.3, -0.25) is 0 Å². The van der Waals surface area contributed by atoms with Gasteiger partial charge in [-0.2, -0.15) is 0 Å². The molecule has 0 amide bonds. The molecule has 3 nitrogen and oxygen atoms in total. The minimum absolute atomic E-state index is 0. The van der Waals surface area contributed by atoms with E-state index in [1.54, 1.807) is 0 Å². The van der Waals surface area contributed by atoms with E-state index in [2.05, 4.69) is 34.6 Å². The predicted octanol–water partition coefficient (Wildman–Crippen LogP) is 3.81. The molecule has 2 N–H and O–H groups in total. The summed E-state index contributed by atoms with van der Waals surface area (Å²) in [7, 11) is 0. The monoisotopic (exact) mass is 314 g/mol. The molecule has 0 radical (unpaired) electrons. The summed E-state index contributed by atoms with van der Waals surface area (Å²) < 4.78 is 6.03. The van der Waals surface area contributed by atoms with Crippen LogP contribution < -0.4 is 10.1 Å². The number of hydrogen-bond donors (Lipinski definition) is 2. The van der Waals surface area contributed by atoms with Gasteiger partial charge in [-0.25, -0.2) is 0 Å². The van der Waals surface area contributed by atoms with Gasteiger partial charge >= 0.3 is 0 Å². The zero-order valence-electron chi connectivity index (χ0n) is 12.3. The lowest BCUT2D eigenvalue weighted by atomic mass is 10.1. The molecule has 0 bridgehead atoms. The van der Waals surface area contributed by atoms with Crippen LogP contribution in [-0.2, 0) is 19.6 Å². The minimum Gasteiger partial charge on any atom is -0.487 e. The van der Waals surface area contributed by atoms with E-state index in [-0.39, 0.29) is 12.4 Å². The Balaban J connectivity index is 0.00000144. The number of hydrogen-bond acceptors (Lipinski definition) is 2. The van der Waals surface area contributed by atoms with Crippen LogP contribution in [0.25, 0.3) is 10.9 Å². The van der Waals surface area contributed by atoms with Crippen molar-refractivity contribution in [3.8, 4) is 5.75 Å². The van der Waals surface area contributed by atoms with Crippen molar-refractivity contribution in [3.05, 3.63) is 65.4 Å². The van der Waals surface area contributed by atoms with E-state index < -0.39 is 0 Å². The van der Waals surface area contributed by atoms with Crippen LogP contribution >= 0.6 is 12.4 Å². The molecule has 3 aromatic rings. The van der Waals surface area contributed by atoms with Crippen molar-refractivity contribution in [1.29, 1.82) is 0 Å². The zero-order chi connectivity index (χ0) is 14.1. The third-order valence-corrected chi connectivity index (χ3v) is 4.08. The molecular weight excluding hydrogens is 296 g/mol. The van der Waals surface area contributed by atoms with Crippen molar-refractivity contribution in [2.24, 2.45) is 0 Å². The van der Waals surface area contributed by atoms with Crippen LogP contribution in [0.2, 0.25) is 0 Å². The van der Waals surface area contributed by atoms with E-state index in [1.165, 1.54) is 22.2 Å². The van der Waals surface area contributed by atoms with E-state index >= 15 is 0 Å². The van der Waals surface area contributed by atoms with Gasteiger partial charge in [0, 0.05) is 30.6 Å². The molecule has 0 aliphatic carbocycles. The molecule has 0 saturated heterocycles. The summed E-state index contributed by atoms with van der Waals surface area (Å²) in [5.41, 5.74) is 5.05. The second-order valence-electron chi connectivity index (χ2n) is 5.46. The fourth-order valence-electron chi connectivity index (χ4n) is 3.00. The maximum absolute atomic E-state index is 6.03. The fourth-order valence-corrected chi connectivity index (χ4v) is 3.00. The van der Waals surface area contributed by atoms with Gasteiger partial charge in [0.15, 0.2) is 0 Å². The number of ether oxygens (including phenoxy) is 1. The molecule has 1 aliphatic rings. The Labute approximate surface area is 136 Å². The Kier molecular flexibility index (Phi) is 4.36. The first-order valence-electron chi connectivity index (χ1n) is 7.42. The first-order chi connectivity index (χ1) is 10.4. The topological polar surface area (TPSA) is 37.0 Å². The van der Waals surface area contributed by atoms with Gasteiger partial charge in [0.05, 0.1) is 5.52 Å². The minimum atomic E-state index is 0. The van der Waals surface area contributed by atoms with Crippen LogP contribution in [0.5, 0.6) is 5.75 Å². The summed E-state index contributed by atoms with van der Waals surface area (Å²) in [6.45, 7) is 2.58. The lowest BCUT2D eigenvalue weighted by Gasteiger charge is -2.12. The quantitative estimate of drug-likeness (QED) is 0.771. The molecule has 2 heterocycles. The molecule has 4 heteroatoms. The van der Waals surface area contributed by atoms with E-state index in [1.807, 2.05) is 24.3 Å². The van der Waals surface area contributed by atoms with Gasteiger partial charge in [0.1, 0.15) is 12.4 Å². The van der Waals surface area contributed by atoms with Gasteiger partial charge in [-0.05, 0) is 17.2 Å². The highest BCUT2D eigenvalue weighted by molar-refractivity contribution is 5.89. The Morgan fingerprint density at radius 2 is 1.86 bits per heavy atom. The van der Waals surface area contributed by atoms with Crippen molar-refractivity contribution >= 4 is 23.3 Å². The highest BCUT2D eigenvalue weighted by Crippen LogP contribution is 2.31. The van der Waals surface area contributed by atoms with Gasteiger partial charge in [0.25, 0.3) is 0 Å². The number of benzene rings is 2. The molecule has 1 aliphatic heterocycles. The molecule has 1 aromatic heterocycles. The Bertz CT molecular complexity index is 767.